The molecule has 1 aliphatic rings. The van der Waals surface area contributed by atoms with Crippen LogP contribution in [0.3, 0.4) is 0 Å². The number of morpholine rings is 1. The SMILES string of the molecule is Cc1ncc(CN(C)CCCCN2CCOCC2)[nH]1. The number of nitrogens with zero attached hydrogens (tertiary/aromatic N) is 3. The van der Waals surface area contributed by atoms with Crippen molar-refractivity contribution in [3.05, 3.63) is 17.7 Å². The number of aromatic nitrogens is 2. The summed E-state index contributed by atoms with van der Waals surface area (Å²) in [4.78, 5) is 12.4. The van der Waals surface area contributed by atoms with Crippen molar-refractivity contribution in [2.24, 2.45) is 0 Å². The maximum absolute atomic E-state index is 5.35. The van der Waals surface area contributed by atoms with Gasteiger partial charge in [0, 0.05) is 31.5 Å². The van der Waals surface area contributed by atoms with E-state index in [2.05, 4.69) is 26.8 Å². The van der Waals surface area contributed by atoms with Crippen molar-refractivity contribution in [2.75, 3.05) is 46.4 Å². The molecule has 0 aliphatic carbocycles. The Hall–Kier alpha value is -0.910. The Labute approximate surface area is 116 Å². The molecule has 0 aromatic carbocycles. The lowest BCUT2D eigenvalue weighted by molar-refractivity contribution is 0.0369. The molecule has 2 rings (SSSR count). The predicted molar refractivity (Wildman–Crippen MR) is 76.2 cm³/mol. The summed E-state index contributed by atoms with van der Waals surface area (Å²) in [6.07, 6.45) is 4.45. The van der Waals surface area contributed by atoms with Gasteiger partial charge in [0.2, 0.25) is 0 Å². The third kappa shape index (κ3) is 5.30. The van der Waals surface area contributed by atoms with E-state index in [1.54, 1.807) is 0 Å². The van der Waals surface area contributed by atoms with Gasteiger partial charge in [-0.25, -0.2) is 4.98 Å². The summed E-state index contributed by atoms with van der Waals surface area (Å²) in [6, 6.07) is 0. The largest absolute Gasteiger partial charge is 0.379 e. The molecule has 0 spiro atoms. The summed E-state index contributed by atoms with van der Waals surface area (Å²) in [5.74, 6) is 0.996. The van der Waals surface area contributed by atoms with E-state index < -0.39 is 0 Å². The topological polar surface area (TPSA) is 44.4 Å². The molecular weight excluding hydrogens is 240 g/mol. The van der Waals surface area contributed by atoms with Crippen molar-refractivity contribution in [1.82, 2.24) is 19.8 Å². The highest BCUT2D eigenvalue weighted by Gasteiger charge is 2.09. The van der Waals surface area contributed by atoms with E-state index in [4.69, 9.17) is 4.74 Å². The van der Waals surface area contributed by atoms with Gasteiger partial charge in [-0.2, -0.15) is 0 Å². The van der Waals surface area contributed by atoms with Gasteiger partial charge in [-0.15, -0.1) is 0 Å². The Kier molecular flexibility index (Phi) is 5.82. The summed E-state index contributed by atoms with van der Waals surface area (Å²) in [5, 5.41) is 0. The lowest BCUT2D eigenvalue weighted by Gasteiger charge is -2.26. The van der Waals surface area contributed by atoms with E-state index in [0.29, 0.717) is 0 Å². The second-order valence-electron chi connectivity index (χ2n) is 5.39. The third-order valence-corrected chi connectivity index (χ3v) is 3.56. The highest BCUT2D eigenvalue weighted by molar-refractivity contribution is 4.99. The average molecular weight is 266 g/mol. The normalized spacial score (nSPS) is 17.2. The van der Waals surface area contributed by atoms with Crippen LogP contribution in [0.25, 0.3) is 0 Å². The van der Waals surface area contributed by atoms with Gasteiger partial charge < -0.3 is 14.6 Å². The van der Waals surface area contributed by atoms with E-state index in [0.717, 1.165) is 45.2 Å². The smallest absolute Gasteiger partial charge is 0.103 e. The van der Waals surface area contributed by atoms with Crippen molar-refractivity contribution < 1.29 is 4.74 Å². The molecule has 1 N–H and O–H groups in total. The van der Waals surface area contributed by atoms with E-state index in [1.807, 2.05) is 13.1 Å². The molecular formula is C14H26N4O. The van der Waals surface area contributed by atoms with Crippen LogP contribution in [0.4, 0.5) is 0 Å². The maximum Gasteiger partial charge on any atom is 0.103 e. The summed E-state index contributed by atoms with van der Waals surface area (Å²) < 4.78 is 5.35. The van der Waals surface area contributed by atoms with E-state index >= 15 is 0 Å². The second-order valence-corrected chi connectivity index (χ2v) is 5.39. The average Bonchev–Trinajstić information content (AvgIpc) is 2.81. The summed E-state index contributed by atoms with van der Waals surface area (Å²) in [6.45, 7) is 9.30. The first-order valence-electron chi connectivity index (χ1n) is 7.23. The Morgan fingerprint density at radius 3 is 2.84 bits per heavy atom. The minimum Gasteiger partial charge on any atom is -0.379 e. The fraction of sp³-hybridized carbons (Fsp3) is 0.786. The van der Waals surface area contributed by atoms with Crippen LogP contribution in [0.15, 0.2) is 6.20 Å². The lowest BCUT2D eigenvalue weighted by Crippen LogP contribution is -2.37. The van der Waals surface area contributed by atoms with Crippen LogP contribution in [0, 0.1) is 6.92 Å². The molecule has 0 bridgehead atoms. The first-order chi connectivity index (χ1) is 9.24. The van der Waals surface area contributed by atoms with E-state index in [9.17, 15) is 0 Å². The molecule has 1 fully saturated rings. The molecule has 0 saturated carbocycles. The Balaban J connectivity index is 1.54. The van der Waals surface area contributed by atoms with E-state index in [1.165, 1.54) is 25.1 Å². The third-order valence-electron chi connectivity index (χ3n) is 3.56. The fourth-order valence-corrected chi connectivity index (χ4v) is 2.46. The van der Waals surface area contributed by atoms with Gasteiger partial charge >= 0.3 is 0 Å². The van der Waals surface area contributed by atoms with Crippen LogP contribution < -0.4 is 0 Å². The van der Waals surface area contributed by atoms with Gasteiger partial charge in [0.1, 0.15) is 5.82 Å². The minimum absolute atomic E-state index is 0.902. The number of aromatic amines is 1. The molecule has 1 aromatic heterocycles. The lowest BCUT2D eigenvalue weighted by atomic mass is 10.2. The number of ether oxygens (including phenoxy) is 1. The monoisotopic (exact) mass is 266 g/mol. The number of H-pyrrole nitrogens is 1. The van der Waals surface area contributed by atoms with Crippen LogP contribution in [0.2, 0.25) is 0 Å². The molecule has 19 heavy (non-hydrogen) atoms. The van der Waals surface area contributed by atoms with E-state index in [-0.39, 0.29) is 0 Å². The summed E-state index contributed by atoms with van der Waals surface area (Å²) in [7, 11) is 2.17. The van der Waals surface area contributed by atoms with Crippen molar-refractivity contribution >= 4 is 0 Å². The number of aryl methyl sites for hydroxylation is 1. The standard InChI is InChI=1S/C14H26N4O/c1-13-15-11-14(16-13)12-17(2)5-3-4-6-18-7-9-19-10-8-18/h11H,3-10,12H2,1-2H3,(H,15,16). The molecule has 0 atom stereocenters. The molecule has 1 aromatic rings. The summed E-state index contributed by atoms with van der Waals surface area (Å²) in [5.41, 5.74) is 1.20. The van der Waals surface area contributed by atoms with Gasteiger partial charge in [-0.3, -0.25) is 4.90 Å². The van der Waals surface area contributed by atoms with Gasteiger partial charge in [0.05, 0.1) is 13.2 Å². The number of hydrogen-bond donors (Lipinski definition) is 1. The molecule has 2 heterocycles. The van der Waals surface area contributed by atoms with Gasteiger partial charge in [-0.1, -0.05) is 0 Å². The minimum atomic E-state index is 0.902. The first-order valence-corrected chi connectivity index (χ1v) is 7.23. The van der Waals surface area contributed by atoms with Crippen LogP contribution in [-0.4, -0.2) is 66.2 Å². The van der Waals surface area contributed by atoms with Crippen LogP contribution >= 0.6 is 0 Å². The fourth-order valence-electron chi connectivity index (χ4n) is 2.46. The van der Waals surface area contributed by atoms with Gasteiger partial charge in [-0.05, 0) is 39.9 Å². The Morgan fingerprint density at radius 1 is 1.37 bits per heavy atom. The predicted octanol–water partition coefficient (Wildman–Crippen LogP) is 1.26. The molecule has 0 unspecified atom stereocenters. The Morgan fingerprint density at radius 2 is 2.16 bits per heavy atom. The van der Waals surface area contributed by atoms with Crippen molar-refractivity contribution in [2.45, 2.75) is 26.3 Å². The summed E-state index contributed by atoms with van der Waals surface area (Å²) >= 11 is 0. The highest BCUT2D eigenvalue weighted by atomic mass is 16.5. The molecule has 5 heteroatoms. The number of rotatable bonds is 7. The highest BCUT2D eigenvalue weighted by Crippen LogP contribution is 2.04. The van der Waals surface area contributed by atoms with Crippen LogP contribution in [0.1, 0.15) is 24.4 Å². The molecule has 1 aliphatic heterocycles. The van der Waals surface area contributed by atoms with Crippen molar-refractivity contribution in [3.63, 3.8) is 0 Å². The number of nitrogens with one attached hydrogen (secondary N) is 1. The zero-order valence-electron chi connectivity index (χ0n) is 12.2. The molecule has 5 nitrogen and oxygen atoms in total. The molecule has 0 radical (unpaired) electrons. The molecule has 108 valence electrons. The second kappa shape index (κ2) is 7.62. The molecule has 1 saturated heterocycles. The van der Waals surface area contributed by atoms with Gasteiger partial charge in [0.15, 0.2) is 0 Å². The quantitative estimate of drug-likeness (QED) is 0.755. The van der Waals surface area contributed by atoms with Crippen molar-refractivity contribution in [3.8, 4) is 0 Å². The number of hydrogen-bond acceptors (Lipinski definition) is 4. The van der Waals surface area contributed by atoms with Crippen molar-refractivity contribution in [1.29, 1.82) is 0 Å². The molecule has 0 amide bonds. The number of imidazole rings is 1. The van der Waals surface area contributed by atoms with Crippen LogP contribution in [0.5, 0.6) is 0 Å². The zero-order valence-corrected chi connectivity index (χ0v) is 12.2. The number of unbranched alkanes of at least 4 members (excludes halogenated alkanes) is 1. The van der Waals surface area contributed by atoms with Gasteiger partial charge in [0.25, 0.3) is 0 Å². The van der Waals surface area contributed by atoms with Crippen LogP contribution in [-0.2, 0) is 11.3 Å². The maximum atomic E-state index is 5.35. The first kappa shape index (κ1) is 14.5. The Bertz CT molecular complexity index is 360. The zero-order chi connectivity index (χ0) is 13.5.